The van der Waals surface area contributed by atoms with E-state index < -0.39 is 0 Å². The predicted molar refractivity (Wildman–Crippen MR) is 80.3 cm³/mol. The summed E-state index contributed by atoms with van der Waals surface area (Å²) in [4.78, 5) is 2.56. The zero-order valence-electron chi connectivity index (χ0n) is 13.0. The first kappa shape index (κ1) is 13.5. The molecule has 0 saturated carbocycles. The number of hydrogen-bond donors (Lipinski definition) is 0. The maximum atomic E-state index is 2.56. The maximum Gasteiger partial charge on any atom is 0.0409 e. The number of benzene rings is 1. The predicted octanol–water partition coefficient (Wildman–Crippen LogP) is 4.61. The summed E-state index contributed by atoms with van der Waals surface area (Å²) in [7, 11) is 0. The van der Waals surface area contributed by atoms with Crippen LogP contribution in [0.3, 0.4) is 0 Å². The highest BCUT2D eigenvalue weighted by molar-refractivity contribution is 5.62. The summed E-state index contributed by atoms with van der Waals surface area (Å²) in [5.41, 5.74) is 3.44. The second kappa shape index (κ2) is 3.76. The molecule has 18 heavy (non-hydrogen) atoms. The molecule has 0 aromatic heterocycles. The normalized spacial score (nSPS) is 23.6. The Bertz CT molecular complexity index is 454. The molecule has 100 valence electrons. The fourth-order valence-electron chi connectivity index (χ4n) is 3.54. The van der Waals surface area contributed by atoms with Crippen LogP contribution in [0, 0.1) is 5.41 Å². The molecule has 0 atom stereocenters. The summed E-state index contributed by atoms with van der Waals surface area (Å²) in [5, 5.41) is 0. The molecule has 0 amide bonds. The van der Waals surface area contributed by atoms with Crippen LogP contribution in [-0.4, -0.2) is 12.1 Å². The number of para-hydroxylation sites is 1. The average molecular weight is 245 g/mol. The van der Waals surface area contributed by atoms with Crippen molar-refractivity contribution in [1.82, 2.24) is 0 Å². The van der Waals surface area contributed by atoms with Gasteiger partial charge in [0.05, 0.1) is 0 Å². The van der Waals surface area contributed by atoms with Crippen LogP contribution < -0.4 is 4.90 Å². The van der Waals surface area contributed by atoms with E-state index in [0.717, 1.165) is 6.54 Å². The van der Waals surface area contributed by atoms with E-state index >= 15 is 0 Å². The molecule has 0 N–H and O–H groups in total. The van der Waals surface area contributed by atoms with E-state index in [4.69, 9.17) is 0 Å². The Labute approximate surface area is 112 Å². The van der Waals surface area contributed by atoms with E-state index in [1.165, 1.54) is 11.3 Å². The molecule has 0 radical (unpaired) electrons. The van der Waals surface area contributed by atoms with Crippen LogP contribution in [0.15, 0.2) is 24.3 Å². The number of anilines is 1. The van der Waals surface area contributed by atoms with Gasteiger partial charge in [-0.1, -0.05) is 45.9 Å². The molecule has 0 fully saturated rings. The monoisotopic (exact) mass is 245 g/mol. The van der Waals surface area contributed by atoms with Crippen molar-refractivity contribution in [3.63, 3.8) is 0 Å². The van der Waals surface area contributed by atoms with E-state index in [0.29, 0.717) is 0 Å². The highest BCUT2D eigenvalue weighted by atomic mass is 15.2. The number of fused-ring (bicyclic) bond motifs is 1. The van der Waals surface area contributed by atoms with Gasteiger partial charge in [0, 0.05) is 17.8 Å². The molecular formula is C17H27N. The molecule has 0 unspecified atom stereocenters. The zero-order valence-corrected chi connectivity index (χ0v) is 13.0. The van der Waals surface area contributed by atoms with Gasteiger partial charge in [0.25, 0.3) is 0 Å². The smallest absolute Gasteiger partial charge is 0.0409 e. The van der Waals surface area contributed by atoms with Crippen molar-refractivity contribution in [3.05, 3.63) is 29.8 Å². The van der Waals surface area contributed by atoms with E-state index in [9.17, 15) is 0 Å². The standard InChI is InChI=1S/C17H27N/c1-8-18-14-12-10-9-11-13(14)15(2,3)16(4,5)17(18,6)7/h9-12H,8H2,1-7H3. The summed E-state index contributed by atoms with van der Waals surface area (Å²) in [5.74, 6) is 0. The van der Waals surface area contributed by atoms with Gasteiger partial charge in [-0.2, -0.15) is 0 Å². The highest BCUT2D eigenvalue weighted by Gasteiger charge is 2.55. The first-order valence-electron chi connectivity index (χ1n) is 7.05. The summed E-state index contributed by atoms with van der Waals surface area (Å²) in [6.07, 6.45) is 0. The van der Waals surface area contributed by atoms with Gasteiger partial charge in [0.1, 0.15) is 0 Å². The number of nitrogens with zero attached hydrogens (tertiary/aromatic N) is 1. The lowest BCUT2D eigenvalue weighted by atomic mass is 9.53. The summed E-state index contributed by atoms with van der Waals surface area (Å²) >= 11 is 0. The average Bonchev–Trinajstić information content (AvgIpc) is 2.28. The van der Waals surface area contributed by atoms with Crippen LogP contribution in [0.2, 0.25) is 0 Å². The minimum atomic E-state index is 0.152. The van der Waals surface area contributed by atoms with E-state index in [1.54, 1.807) is 0 Å². The second-order valence-corrected chi connectivity index (χ2v) is 7.07. The second-order valence-electron chi connectivity index (χ2n) is 7.07. The van der Waals surface area contributed by atoms with Crippen LogP contribution in [-0.2, 0) is 5.41 Å². The molecule has 0 bridgehead atoms. The molecule has 1 aliphatic heterocycles. The van der Waals surface area contributed by atoms with Gasteiger partial charge in [-0.15, -0.1) is 0 Å². The topological polar surface area (TPSA) is 3.24 Å². The lowest BCUT2D eigenvalue weighted by Gasteiger charge is -2.62. The van der Waals surface area contributed by atoms with Crippen molar-refractivity contribution in [2.45, 2.75) is 59.4 Å². The van der Waals surface area contributed by atoms with E-state index in [-0.39, 0.29) is 16.4 Å². The number of rotatable bonds is 1. The Hall–Kier alpha value is -0.980. The fourth-order valence-corrected chi connectivity index (χ4v) is 3.54. The van der Waals surface area contributed by atoms with Crippen molar-refractivity contribution >= 4 is 5.69 Å². The first-order valence-corrected chi connectivity index (χ1v) is 7.05. The molecule has 1 heterocycles. The van der Waals surface area contributed by atoms with Gasteiger partial charge >= 0.3 is 0 Å². The molecule has 0 aliphatic carbocycles. The van der Waals surface area contributed by atoms with Gasteiger partial charge in [-0.3, -0.25) is 0 Å². The van der Waals surface area contributed by atoms with Crippen LogP contribution in [0.1, 0.15) is 54.0 Å². The lowest BCUT2D eigenvalue weighted by molar-refractivity contribution is 0.0775. The van der Waals surface area contributed by atoms with Crippen LogP contribution >= 0.6 is 0 Å². The zero-order chi connectivity index (χ0) is 13.8. The Morgan fingerprint density at radius 3 is 2.06 bits per heavy atom. The highest BCUT2D eigenvalue weighted by Crippen LogP contribution is 2.57. The summed E-state index contributed by atoms with van der Waals surface area (Å²) < 4.78 is 0. The SMILES string of the molecule is CCN1c2ccccc2C(C)(C)C(C)(C)C1(C)C. The largest absolute Gasteiger partial charge is 0.366 e. The van der Waals surface area contributed by atoms with Crippen molar-refractivity contribution < 1.29 is 0 Å². The molecule has 0 saturated heterocycles. The van der Waals surface area contributed by atoms with Gasteiger partial charge in [-0.25, -0.2) is 0 Å². The molecule has 1 aliphatic rings. The number of hydrogen-bond acceptors (Lipinski definition) is 1. The van der Waals surface area contributed by atoms with Crippen LogP contribution in [0.5, 0.6) is 0 Å². The van der Waals surface area contributed by atoms with Crippen molar-refractivity contribution in [1.29, 1.82) is 0 Å². The van der Waals surface area contributed by atoms with Gasteiger partial charge in [-0.05, 0) is 43.2 Å². The Balaban J connectivity index is 2.77. The molecule has 2 rings (SSSR count). The third-order valence-corrected chi connectivity index (χ3v) is 5.95. The molecule has 1 aromatic carbocycles. The van der Waals surface area contributed by atoms with E-state index in [1.807, 2.05) is 0 Å². The van der Waals surface area contributed by atoms with Gasteiger partial charge in [0.15, 0.2) is 0 Å². The summed E-state index contributed by atoms with van der Waals surface area (Å²) in [6.45, 7) is 17.7. The fraction of sp³-hybridized carbons (Fsp3) is 0.647. The van der Waals surface area contributed by atoms with Crippen LogP contribution in [0.25, 0.3) is 0 Å². The lowest BCUT2D eigenvalue weighted by Crippen LogP contribution is -2.64. The van der Waals surface area contributed by atoms with Gasteiger partial charge in [0.2, 0.25) is 0 Å². The minimum absolute atomic E-state index is 0.152. The van der Waals surface area contributed by atoms with E-state index in [2.05, 4.69) is 77.6 Å². The quantitative estimate of drug-likeness (QED) is 0.698. The third kappa shape index (κ3) is 1.39. The molecule has 1 aromatic rings. The molecule has 1 heteroatoms. The minimum Gasteiger partial charge on any atom is -0.366 e. The summed E-state index contributed by atoms with van der Waals surface area (Å²) in [6, 6.07) is 8.90. The van der Waals surface area contributed by atoms with Crippen molar-refractivity contribution in [2.75, 3.05) is 11.4 Å². The Morgan fingerprint density at radius 2 is 1.50 bits per heavy atom. The van der Waals surface area contributed by atoms with Crippen molar-refractivity contribution in [3.8, 4) is 0 Å². The Morgan fingerprint density at radius 1 is 0.944 bits per heavy atom. The van der Waals surface area contributed by atoms with Crippen LogP contribution in [0.4, 0.5) is 5.69 Å². The van der Waals surface area contributed by atoms with Gasteiger partial charge < -0.3 is 4.90 Å². The third-order valence-electron chi connectivity index (χ3n) is 5.95. The van der Waals surface area contributed by atoms with Crippen molar-refractivity contribution in [2.24, 2.45) is 5.41 Å². The molecular weight excluding hydrogens is 218 g/mol. The first-order chi connectivity index (χ1) is 8.18. The maximum absolute atomic E-state index is 2.56. The Kier molecular flexibility index (Phi) is 2.81. The molecule has 0 spiro atoms. The molecule has 1 nitrogen and oxygen atoms in total.